The molecule has 3 aromatic carbocycles. The summed E-state index contributed by atoms with van der Waals surface area (Å²) >= 11 is 0. The lowest BCUT2D eigenvalue weighted by Gasteiger charge is -2.18. The van der Waals surface area contributed by atoms with E-state index >= 15 is 0 Å². The Hall–Kier alpha value is -3.45. The molecule has 0 saturated heterocycles. The van der Waals surface area contributed by atoms with Crippen LogP contribution in [0.15, 0.2) is 65.6 Å². The van der Waals surface area contributed by atoms with Crippen LogP contribution >= 0.6 is 0 Å². The molecule has 0 heterocycles. The van der Waals surface area contributed by atoms with E-state index in [1.807, 2.05) is 0 Å². The molecule has 38 heavy (non-hydrogen) atoms. The van der Waals surface area contributed by atoms with Gasteiger partial charge >= 0.3 is 6.18 Å². The van der Waals surface area contributed by atoms with Crippen LogP contribution in [0, 0.1) is 0 Å². The molecule has 0 aliphatic carbocycles. The van der Waals surface area contributed by atoms with Crippen molar-refractivity contribution in [2.45, 2.75) is 17.5 Å². The van der Waals surface area contributed by atoms with E-state index in [4.69, 9.17) is 14.6 Å². The van der Waals surface area contributed by atoms with Crippen LogP contribution < -0.4 is 20.5 Å². The molecule has 0 atom stereocenters. The largest absolute Gasteiger partial charge is 0.495 e. The van der Waals surface area contributed by atoms with E-state index in [-0.39, 0.29) is 21.8 Å². The topological polar surface area (TPSA) is 120 Å². The molecule has 0 bridgehead atoms. The fourth-order valence-corrected chi connectivity index (χ4v) is 4.56. The number of carbonyl (C=O) groups excluding carboxylic acids is 1. The number of anilines is 1. The van der Waals surface area contributed by atoms with Crippen molar-refractivity contribution in [3.63, 3.8) is 0 Å². The van der Waals surface area contributed by atoms with Crippen LogP contribution in [0.1, 0.15) is 21.5 Å². The van der Waals surface area contributed by atoms with E-state index < -0.39 is 27.7 Å². The predicted molar refractivity (Wildman–Crippen MR) is 138 cm³/mol. The van der Waals surface area contributed by atoms with Crippen molar-refractivity contribution >= 4 is 21.6 Å². The number of ether oxygens (including phenoxy) is 2. The zero-order valence-corrected chi connectivity index (χ0v) is 21.6. The Bertz CT molecular complexity index is 1400. The zero-order chi connectivity index (χ0) is 27.9. The Morgan fingerprint density at radius 1 is 0.974 bits per heavy atom. The number of hydrogen-bond acceptors (Lipinski definition) is 6. The number of halogens is 3. The Balaban J connectivity index is 1.95. The monoisotopic (exact) mass is 551 g/mol. The van der Waals surface area contributed by atoms with Gasteiger partial charge in [0.25, 0.3) is 5.91 Å². The summed E-state index contributed by atoms with van der Waals surface area (Å²) in [6, 6.07) is 13.7. The first-order valence-corrected chi connectivity index (χ1v) is 13.0. The first kappa shape index (κ1) is 29.1. The number of benzene rings is 3. The Labute approximate surface area is 219 Å². The van der Waals surface area contributed by atoms with Crippen LogP contribution in [0.2, 0.25) is 0 Å². The van der Waals surface area contributed by atoms with E-state index in [1.165, 1.54) is 43.5 Å². The summed E-state index contributed by atoms with van der Waals surface area (Å²) in [4.78, 5) is 12.6. The lowest BCUT2D eigenvalue weighted by atomic mass is 9.93. The zero-order valence-electron chi connectivity index (χ0n) is 20.8. The van der Waals surface area contributed by atoms with Gasteiger partial charge < -0.3 is 20.1 Å². The molecule has 8 nitrogen and oxygen atoms in total. The normalized spacial score (nSPS) is 11.8. The smallest absolute Gasteiger partial charge is 0.417 e. The molecule has 1 amide bonds. The number of sulfonamides is 1. The summed E-state index contributed by atoms with van der Waals surface area (Å²) in [7, 11) is -1.25. The number of rotatable bonds is 11. The number of amides is 1. The number of nitrogens with two attached hydrogens (primary N) is 1. The molecule has 204 valence electrons. The van der Waals surface area contributed by atoms with Crippen molar-refractivity contribution in [1.82, 2.24) is 5.32 Å². The molecular weight excluding hydrogens is 523 g/mol. The van der Waals surface area contributed by atoms with Gasteiger partial charge in [0.15, 0.2) is 0 Å². The Kier molecular flexibility index (Phi) is 9.50. The third-order valence-electron chi connectivity index (χ3n) is 5.67. The molecule has 0 aliphatic rings. The first-order chi connectivity index (χ1) is 18.0. The van der Waals surface area contributed by atoms with E-state index in [1.54, 1.807) is 19.2 Å². The molecular formula is C26H28F3N3O5S. The van der Waals surface area contributed by atoms with E-state index in [0.717, 1.165) is 12.1 Å². The van der Waals surface area contributed by atoms with Crippen molar-refractivity contribution < 1.29 is 35.9 Å². The summed E-state index contributed by atoms with van der Waals surface area (Å²) < 4.78 is 74.7. The molecule has 0 aromatic heterocycles. The van der Waals surface area contributed by atoms with Crippen LogP contribution in [-0.2, 0) is 27.4 Å². The van der Waals surface area contributed by atoms with Crippen LogP contribution in [-0.4, -0.2) is 48.2 Å². The molecule has 4 N–H and O–H groups in total. The first-order valence-electron chi connectivity index (χ1n) is 11.5. The lowest BCUT2D eigenvalue weighted by molar-refractivity contribution is -0.137. The van der Waals surface area contributed by atoms with E-state index in [2.05, 4.69) is 10.6 Å². The van der Waals surface area contributed by atoms with E-state index in [9.17, 15) is 26.4 Å². The van der Waals surface area contributed by atoms with Gasteiger partial charge in [0.1, 0.15) is 10.6 Å². The lowest BCUT2D eigenvalue weighted by Crippen LogP contribution is -2.22. The highest BCUT2D eigenvalue weighted by Crippen LogP contribution is 2.39. The summed E-state index contributed by atoms with van der Waals surface area (Å²) in [5, 5.41) is 11.0. The SMILES string of the molecule is COCCNCCc1cc(NC(=O)c2ccc(S(N)(=O)=O)c(OC)c2)ccc1-c1ccccc1C(F)(F)F. The Morgan fingerprint density at radius 3 is 2.37 bits per heavy atom. The molecule has 0 saturated carbocycles. The second-order valence-corrected chi connectivity index (χ2v) is 9.80. The van der Waals surface area contributed by atoms with Crippen LogP contribution in [0.5, 0.6) is 5.75 Å². The summed E-state index contributed by atoms with van der Waals surface area (Å²) in [6.07, 6.45) is -4.16. The summed E-state index contributed by atoms with van der Waals surface area (Å²) in [5.41, 5.74) is 0.712. The second kappa shape index (κ2) is 12.4. The van der Waals surface area contributed by atoms with Gasteiger partial charge in [-0.25, -0.2) is 13.6 Å². The molecule has 0 radical (unpaired) electrons. The molecule has 0 spiro atoms. The number of methoxy groups -OCH3 is 2. The van der Waals surface area contributed by atoms with Crippen LogP contribution in [0.3, 0.4) is 0 Å². The molecule has 0 aliphatic heterocycles. The number of carbonyl (C=O) groups is 1. The minimum Gasteiger partial charge on any atom is -0.495 e. The average Bonchev–Trinajstić information content (AvgIpc) is 2.87. The average molecular weight is 552 g/mol. The molecule has 0 unspecified atom stereocenters. The number of nitrogens with one attached hydrogen (secondary N) is 2. The fraction of sp³-hybridized carbons (Fsp3) is 0.269. The highest BCUT2D eigenvalue weighted by atomic mass is 32.2. The number of alkyl halides is 3. The van der Waals surface area contributed by atoms with Crippen molar-refractivity contribution in [1.29, 1.82) is 0 Å². The van der Waals surface area contributed by atoms with Crippen molar-refractivity contribution in [2.75, 3.05) is 39.2 Å². The van der Waals surface area contributed by atoms with Crippen LogP contribution in [0.4, 0.5) is 18.9 Å². The van der Waals surface area contributed by atoms with Crippen molar-refractivity contribution in [3.05, 3.63) is 77.4 Å². The third-order valence-corrected chi connectivity index (χ3v) is 6.62. The van der Waals surface area contributed by atoms with Gasteiger partial charge in [-0.05, 0) is 66.1 Å². The standard InChI is InChI=1S/C26H28F3N3O5S/c1-36-14-13-31-12-11-17-15-19(8-9-20(17)21-5-3-4-6-22(21)26(27,28)29)32-25(33)18-7-10-24(38(30,34)35)23(16-18)37-2/h3-10,15-16,31H,11-14H2,1-2H3,(H,32,33)(H2,30,34,35). The van der Waals surface area contributed by atoms with Gasteiger partial charge in [-0.15, -0.1) is 0 Å². The molecule has 3 aromatic rings. The maximum atomic E-state index is 13.7. The highest BCUT2D eigenvalue weighted by molar-refractivity contribution is 7.89. The minimum atomic E-state index is -4.54. The molecule has 12 heteroatoms. The highest BCUT2D eigenvalue weighted by Gasteiger charge is 2.33. The number of hydrogen-bond donors (Lipinski definition) is 3. The van der Waals surface area contributed by atoms with E-state index in [0.29, 0.717) is 42.9 Å². The maximum absolute atomic E-state index is 13.7. The second-order valence-electron chi connectivity index (χ2n) is 8.27. The van der Waals surface area contributed by atoms with Crippen molar-refractivity contribution in [2.24, 2.45) is 5.14 Å². The summed E-state index contributed by atoms with van der Waals surface area (Å²) in [5.74, 6) is -0.668. The van der Waals surface area contributed by atoms with Gasteiger partial charge in [-0.1, -0.05) is 24.3 Å². The Morgan fingerprint density at radius 2 is 1.71 bits per heavy atom. The number of primary sulfonamides is 1. The van der Waals surface area contributed by atoms with Gasteiger partial charge in [0.05, 0.1) is 19.3 Å². The fourth-order valence-electron chi connectivity index (χ4n) is 3.88. The van der Waals surface area contributed by atoms with Gasteiger partial charge in [0, 0.05) is 24.9 Å². The molecule has 3 rings (SSSR count). The maximum Gasteiger partial charge on any atom is 0.417 e. The van der Waals surface area contributed by atoms with Gasteiger partial charge in [0.2, 0.25) is 10.0 Å². The van der Waals surface area contributed by atoms with Gasteiger partial charge in [-0.2, -0.15) is 13.2 Å². The summed E-state index contributed by atoms with van der Waals surface area (Å²) in [6.45, 7) is 1.51. The molecule has 0 fully saturated rings. The van der Waals surface area contributed by atoms with Crippen LogP contribution in [0.25, 0.3) is 11.1 Å². The minimum absolute atomic E-state index is 0.0353. The predicted octanol–water partition coefficient (Wildman–Crippen LogP) is 4.06. The van der Waals surface area contributed by atoms with Gasteiger partial charge in [-0.3, -0.25) is 4.79 Å². The quantitative estimate of drug-likeness (QED) is 0.309. The third kappa shape index (κ3) is 7.32. The van der Waals surface area contributed by atoms with Crippen molar-refractivity contribution in [3.8, 4) is 16.9 Å².